The SMILES string of the molecule is CN1CCN(c2ccc(Nc3ncc(C(N)=O)c(NC4CC4)n3)cc2)CC1. The number of rotatable bonds is 6. The Kier molecular flexibility index (Phi) is 4.81. The molecule has 1 aliphatic carbocycles. The van der Waals surface area contributed by atoms with Crippen LogP contribution in [0, 0.1) is 0 Å². The van der Waals surface area contributed by atoms with Gasteiger partial charge >= 0.3 is 0 Å². The molecule has 0 spiro atoms. The minimum Gasteiger partial charge on any atom is -0.369 e. The molecule has 4 N–H and O–H groups in total. The van der Waals surface area contributed by atoms with Gasteiger partial charge in [0.05, 0.1) is 5.56 Å². The molecule has 142 valence electrons. The highest BCUT2D eigenvalue weighted by atomic mass is 16.1. The maximum Gasteiger partial charge on any atom is 0.254 e. The van der Waals surface area contributed by atoms with E-state index in [1.807, 2.05) is 12.1 Å². The molecule has 2 fully saturated rings. The van der Waals surface area contributed by atoms with Gasteiger partial charge in [-0.1, -0.05) is 0 Å². The van der Waals surface area contributed by atoms with E-state index < -0.39 is 5.91 Å². The van der Waals surface area contributed by atoms with E-state index in [9.17, 15) is 4.79 Å². The van der Waals surface area contributed by atoms with Gasteiger partial charge in [-0.25, -0.2) is 4.98 Å². The summed E-state index contributed by atoms with van der Waals surface area (Å²) in [5, 5.41) is 6.45. The van der Waals surface area contributed by atoms with Crippen LogP contribution >= 0.6 is 0 Å². The molecule has 2 heterocycles. The van der Waals surface area contributed by atoms with Crippen LogP contribution in [0.3, 0.4) is 0 Å². The minimum atomic E-state index is -0.527. The van der Waals surface area contributed by atoms with Crippen molar-refractivity contribution >= 4 is 29.0 Å². The van der Waals surface area contributed by atoms with Gasteiger partial charge in [0.2, 0.25) is 5.95 Å². The molecule has 1 saturated carbocycles. The fourth-order valence-corrected chi connectivity index (χ4v) is 3.10. The second-order valence-corrected chi connectivity index (χ2v) is 7.20. The van der Waals surface area contributed by atoms with Crippen molar-refractivity contribution in [3.05, 3.63) is 36.0 Å². The summed E-state index contributed by atoms with van der Waals surface area (Å²) in [5.74, 6) is 0.410. The molecule has 2 aromatic rings. The number of amides is 1. The largest absolute Gasteiger partial charge is 0.369 e. The zero-order chi connectivity index (χ0) is 18.8. The van der Waals surface area contributed by atoms with Gasteiger partial charge in [-0.3, -0.25) is 4.79 Å². The van der Waals surface area contributed by atoms with Crippen LogP contribution in [-0.2, 0) is 0 Å². The highest BCUT2D eigenvalue weighted by Gasteiger charge is 2.24. The second kappa shape index (κ2) is 7.40. The smallest absolute Gasteiger partial charge is 0.254 e. The third kappa shape index (κ3) is 4.28. The Balaban J connectivity index is 1.46. The number of aromatic nitrogens is 2. The molecule has 4 rings (SSSR count). The second-order valence-electron chi connectivity index (χ2n) is 7.20. The number of carbonyl (C=O) groups is 1. The van der Waals surface area contributed by atoms with Crippen LogP contribution in [0.15, 0.2) is 30.5 Å². The molecular formula is C19H25N7O. The molecule has 27 heavy (non-hydrogen) atoms. The normalized spacial score (nSPS) is 17.6. The Morgan fingerprint density at radius 2 is 1.85 bits per heavy atom. The Morgan fingerprint density at radius 3 is 2.48 bits per heavy atom. The molecule has 0 unspecified atom stereocenters. The topological polar surface area (TPSA) is 99.4 Å². The third-order valence-corrected chi connectivity index (χ3v) is 4.96. The van der Waals surface area contributed by atoms with Gasteiger partial charge in [0, 0.05) is 49.8 Å². The highest BCUT2D eigenvalue weighted by Crippen LogP contribution is 2.27. The number of primary amides is 1. The quantitative estimate of drug-likeness (QED) is 0.714. The number of piperazine rings is 1. The van der Waals surface area contributed by atoms with Crippen molar-refractivity contribution in [1.82, 2.24) is 14.9 Å². The van der Waals surface area contributed by atoms with Crippen molar-refractivity contribution in [3.8, 4) is 0 Å². The fourth-order valence-electron chi connectivity index (χ4n) is 3.10. The predicted molar refractivity (Wildman–Crippen MR) is 107 cm³/mol. The Bertz CT molecular complexity index is 811. The van der Waals surface area contributed by atoms with Crippen LogP contribution in [0.1, 0.15) is 23.2 Å². The first-order valence-electron chi connectivity index (χ1n) is 9.32. The van der Waals surface area contributed by atoms with Gasteiger partial charge in [0.15, 0.2) is 0 Å². The van der Waals surface area contributed by atoms with E-state index in [0.29, 0.717) is 23.4 Å². The molecule has 2 aliphatic rings. The molecule has 1 aromatic carbocycles. The summed E-state index contributed by atoms with van der Waals surface area (Å²) in [6.07, 6.45) is 3.64. The number of benzene rings is 1. The molecule has 8 nitrogen and oxygen atoms in total. The van der Waals surface area contributed by atoms with E-state index in [0.717, 1.165) is 44.7 Å². The van der Waals surface area contributed by atoms with Crippen molar-refractivity contribution in [2.24, 2.45) is 5.73 Å². The van der Waals surface area contributed by atoms with Crippen LogP contribution in [0.5, 0.6) is 0 Å². The van der Waals surface area contributed by atoms with Gasteiger partial charge in [-0.05, 0) is 44.2 Å². The van der Waals surface area contributed by atoms with Gasteiger partial charge in [-0.15, -0.1) is 0 Å². The summed E-state index contributed by atoms with van der Waals surface area (Å²) in [5.41, 5.74) is 7.86. The molecule has 8 heteroatoms. The molecule has 1 amide bonds. The maximum atomic E-state index is 11.6. The number of anilines is 4. The molecule has 0 radical (unpaired) electrons. The van der Waals surface area contributed by atoms with Crippen LogP contribution in [0.25, 0.3) is 0 Å². The first-order valence-corrected chi connectivity index (χ1v) is 9.32. The summed E-state index contributed by atoms with van der Waals surface area (Å²) in [6, 6.07) is 8.62. The molecule has 1 aromatic heterocycles. The first kappa shape index (κ1) is 17.5. The lowest BCUT2D eigenvalue weighted by Crippen LogP contribution is -2.44. The van der Waals surface area contributed by atoms with Crippen molar-refractivity contribution in [1.29, 1.82) is 0 Å². The van der Waals surface area contributed by atoms with Crippen molar-refractivity contribution < 1.29 is 4.79 Å². The van der Waals surface area contributed by atoms with Gasteiger partial charge in [-0.2, -0.15) is 4.98 Å². The maximum absolute atomic E-state index is 11.6. The average molecular weight is 367 g/mol. The average Bonchev–Trinajstić information content (AvgIpc) is 3.47. The first-order chi connectivity index (χ1) is 13.1. The lowest BCUT2D eigenvalue weighted by molar-refractivity contribution is 0.100. The van der Waals surface area contributed by atoms with Crippen molar-refractivity contribution in [3.63, 3.8) is 0 Å². The number of nitrogens with one attached hydrogen (secondary N) is 2. The van der Waals surface area contributed by atoms with Crippen molar-refractivity contribution in [2.45, 2.75) is 18.9 Å². The van der Waals surface area contributed by atoms with E-state index in [4.69, 9.17) is 5.73 Å². The monoisotopic (exact) mass is 367 g/mol. The van der Waals surface area contributed by atoms with Crippen LogP contribution in [0.4, 0.5) is 23.1 Å². The zero-order valence-corrected chi connectivity index (χ0v) is 15.5. The lowest BCUT2D eigenvalue weighted by atomic mass is 10.2. The third-order valence-electron chi connectivity index (χ3n) is 4.96. The highest BCUT2D eigenvalue weighted by molar-refractivity contribution is 5.97. The van der Waals surface area contributed by atoms with Gasteiger partial charge < -0.3 is 26.2 Å². The summed E-state index contributed by atoms with van der Waals surface area (Å²) < 4.78 is 0. The zero-order valence-electron chi connectivity index (χ0n) is 15.5. The molecule has 1 saturated heterocycles. The van der Waals surface area contributed by atoms with E-state index in [-0.39, 0.29) is 0 Å². The van der Waals surface area contributed by atoms with Crippen LogP contribution in [0.2, 0.25) is 0 Å². The number of nitrogens with two attached hydrogens (primary N) is 1. The van der Waals surface area contributed by atoms with E-state index in [1.165, 1.54) is 11.9 Å². The predicted octanol–water partition coefficient (Wildman–Crippen LogP) is 1.65. The number of carbonyl (C=O) groups excluding carboxylic acids is 1. The van der Waals surface area contributed by atoms with Crippen LogP contribution in [-0.4, -0.2) is 60.0 Å². The molecule has 0 bridgehead atoms. The number of hydrogen-bond acceptors (Lipinski definition) is 7. The summed E-state index contributed by atoms with van der Waals surface area (Å²) >= 11 is 0. The summed E-state index contributed by atoms with van der Waals surface area (Å²) in [7, 11) is 2.15. The Morgan fingerprint density at radius 1 is 1.15 bits per heavy atom. The molecule has 0 atom stereocenters. The number of likely N-dealkylation sites (N-methyl/N-ethyl adjacent to an activating group) is 1. The van der Waals surface area contributed by atoms with Crippen LogP contribution < -0.4 is 21.3 Å². The van der Waals surface area contributed by atoms with Gasteiger partial charge in [0.1, 0.15) is 5.82 Å². The van der Waals surface area contributed by atoms with Gasteiger partial charge in [0.25, 0.3) is 5.91 Å². The fraction of sp³-hybridized carbons (Fsp3) is 0.421. The molecular weight excluding hydrogens is 342 g/mol. The number of nitrogens with zero attached hydrogens (tertiary/aromatic N) is 4. The minimum absolute atomic E-state index is 0.317. The van der Waals surface area contributed by atoms with Crippen molar-refractivity contribution in [2.75, 3.05) is 48.8 Å². The Hall–Kier alpha value is -2.87. The van der Waals surface area contributed by atoms with E-state index >= 15 is 0 Å². The number of hydrogen-bond donors (Lipinski definition) is 3. The van der Waals surface area contributed by atoms with E-state index in [1.54, 1.807) is 0 Å². The summed E-state index contributed by atoms with van der Waals surface area (Å²) in [6.45, 7) is 4.24. The lowest BCUT2D eigenvalue weighted by Gasteiger charge is -2.34. The Labute approximate surface area is 158 Å². The standard InChI is InChI=1S/C19H25N7O/c1-25-8-10-26(11-9-25)15-6-4-14(5-7-15)23-19-21-12-16(17(20)27)18(24-19)22-13-2-3-13/h4-7,12-13H,2-3,8-11H2,1H3,(H2,20,27)(H2,21,22,23,24). The molecule has 1 aliphatic heterocycles. The summed E-state index contributed by atoms with van der Waals surface area (Å²) in [4.78, 5) is 25.0. The van der Waals surface area contributed by atoms with E-state index in [2.05, 4.69) is 49.6 Å².